The molecule has 0 aromatic heterocycles. The van der Waals surface area contributed by atoms with Crippen molar-refractivity contribution in [1.82, 2.24) is 20.4 Å². The molecule has 2 saturated heterocycles. The first kappa shape index (κ1) is 27.0. The highest BCUT2D eigenvalue weighted by Gasteiger charge is 2.38. The molecule has 3 aliphatic heterocycles. The van der Waals surface area contributed by atoms with E-state index in [1.54, 1.807) is 12.1 Å². The highest BCUT2D eigenvalue weighted by molar-refractivity contribution is 5.98. The molecule has 10 heteroatoms. The first-order chi connectivity index (χ1) is 17.7. The van der Waals surface area contributed by atoms with Gasteiger partial charge in [-0.2, -0.15) is 0 Å². The molecule has 0 spiro atoms. The average Bonchev–Trinajstić information content (AvgIpc) is 3.58. The number of amides is 4. The van der Waals surface area contributed by atoms with Crippen LogP contribution < -0.4 is 10.6 Å². The normalized spacial score (nSPS) is 26.1. The summed E-state index contributed by atoms with van der Waals surface area (Å²) in [5.41, 5.74) is 0.734. The Labute approximate surface area is 217 Å². The third-order valence-electron chi connectivity index (χ3n) is 7.44. The van der Waals surface area contributed by atoms with Crippen LogP contribution in [0.4, 0.5) is 4.39 Å². The predicted molar refractivity (Wildman–Crippen MR) is 134 cm³/mol. The second-order valence-electron chi connectivity index (χ2n) is 10.5. The van der Waals surface area contributed by atoms with E-state index in [2.05, 4.69) is 10.6 Å². The van der Waals surface area contributed by atoms with Crippen molar-refractivity contribution < 1.29 is 28.3 Å². The third kappa shape index (κ3) is 6.47. The maximum Gasteiger partial charge on any atom is 0.257 e. The number of carbonyl (C=O) groups excluding carboxylic acids is 4. The van der Waals surface area contributed by atoms with E-state index in [9.17, 15) is 23.6 Å². The Morgan fingerprint density at radius 1 is 1.14 bits per heavy atom. The zero-order chi connectivity index (χ0) is 26.5. The van der Waals surface area contributed by atoms with Crippen molar-refractivity contribution in [3.63, 3.8) is 0 Å². The number of benzene rings is 1. The molecule has 0 saturated carbocycles. The van der Waals surface area contributed by atoms with Crippen molar-refractivity contribution in [3.8, 4) is 0 Å². The van der Waals surface area contributed by atoms with Crippen molar-refractivity contribution in [2.45, 2.75) is 70.6 Å². The standard InChI is InChI=1S/C27H37FN4O5/c1-17(2)21-15-31(27(36)23-8-5-13-37-23)16-24(33)29-11-3-6-18-9-10-20(28)19(14-18)26(35)32-12-4-7-22(32)25(34)30-21/h9-10,14,17,21-23H,3-8,11-13,15-16H2,1-2H3,(H,29,33)(H,30,34)/t21-,22-,23-/m0/s1. The number of rotatable bonds is 2. The van der Waals surface area contributed by atoms with Gasteiger partial charge in [-0.05, 0) is 62.1 Å². The second kappa shape index (κ2) is 12.0. The SMILES string of the molecule is CC(C)[C@@H]1CN(C(=O)[C@@H]2CCCO2)CC(=O)NCCCc2ccc(F)c(c2)C(=O)N2CCC[C@H]2C(=O)N1. The zero-order valence-electron chi connectivity index (χ0n) is 21.6. The van der Waals surface area contributed by atoms with Crippen LogP contribution >= 0.6 is 0 Å². The highest BCUT2D eigenvalue weighted by Crippen LogP contribution is 2.24. The number of fused-ring (bicyclic) bond motifs is 3. The van der Waals surface area contributed by atoms with Gasteiger partial charge in [-0.3, -0.25) is 19.2 Å². The van der Waals surface area contributed by atoms with E-state index < -0.39 is 29.9 Å². The van der Waals surface area contributed by atoms with Gasteiger partial charge in [0.15, 0.2) is 0 Å². The van der Waals surface area contributed by atoms with Crippen LogP contribution in [0.3, 0.4) is 0 Å². The lowest BCUT2D eigenvalue weighted by Gasteiger charge is -2.33. The molecule has 3 aliphatic rings. The molecule has 202 valence electrons. The van der Waals surface area contributed by atoms with E-state index in [-0.39, 0.29) is 42.3 Å². The fraction of sp³-hybridized carbons (Fsp3) is 0.630. The van der Waals surface area contributed by atoms with Gasteiger partial charge in [0.25, 0.3) is 11.8 Å². The van der Waals surface area contributed by atoms with Crippen molar-refractivity contribution >= 4 is 23.6 Å². The lowest BCUT2D eigenvalue weighted by Crippen LogP contribution is -2.56. The number of hydrogen-bond donors (Lipinski definition) is 2. The third-order valence-corrected chi connectivity index (χ3v) is 7.44. The van der Waals surface area contributed by atoms with E-state index in [0.717, 1.165) is 12.0 Å². The summed E-state index contributed by atoms with van der Waals surface area (Å²) in [7, 11) is 0. The van der Waals surface area contributed by atoms with E-state index in [0.29, 0.717) is 51.8 Å². The minimum atomic E-state index is -0.724. The van der Waals surface area contributed by atoms with E-state index in [1.165, 1.54) is 15.9 Å². The minimum Gasteiger partial charge on any atom is -0.368 e. The molecule has 37 heavy (non-hydrogen) atoms. The van der Waals surface area contributed by atoms with Gasteiger partial charge in [-0.15, -0.1) is 0 Å². The van der Waals surface area contributed by atoms with Gasteiger partial charge in [-0.1, -0.05) is 19.9 Å². The van der Waals surface area contributed by atoms with E-state index in [4.69, 9.17) is 4.74 Å². The van der Waals surface area contributed by atoms with Gasteiger partial charge in [0.1, 0.15) is 18.0 Å². The Kier molecular flexibility index (Phi) is 8.79. The lowest BCUT2D eigenvalue weighted by atomic mass is 10.0. The van der Waals surface area contributed by atoms with Crippen molar-refractivity contribution in [1.29, 1.82) is 0 Å². The van der Waals surface area contributed by atoms with Crippen LogP contribution in [0, 0.1) is 11.7 Å². The molecule has 2 N–H and O–H groups in total. The summed E-state index contributed by atoms with van der Waals surface area (Å²) in [6.07, 6.45) is 3.04. The fourth-order valence-corrected chi connectivity index (χ4v) is 5.23. The number of nitrogens with zero attached hydrogens (tertiary/aromatic N) is 2. The topological polar surface area (TPSA) is 108 Å². The molecule has 0 unspecified atom stereocenters. The van der Waals surface area contributed by atoms with Gasteiger partial charge in [0.2, 0.25) is 11.8 Å². The number of hydrogen-bond acceptors (Lipinski definition) is 5. The fourth-order valence-electron chi connectivity index (χ4n) is 5.23. The number of ether oxygens (including phenoxy) is 1. The van der Waals surface area contributed by atoms with Crippen LogP contribution in [0.2, 0.25) is 0 Å². The van der Waals surface area contributed by atoms with Crippen LogP contribution in [0.15, 0.2) is 18.2 Å². The molecule has 4 rings (SSSR count). The maximum absolute atomic E-state index is 14.7. The molecule has 1 aromatic carbocycles. The Morgan fingerprint density at radius 2 is 1.95 bits per heavy atom. The Balaban J connectivity index is 1.62. The van der Waals surface area contributed by atoms with E-state index in [1.807, 2.05) is 13.8 Å². The predicted octanol–water partition coefficient (Wildman–Crippen LogP) is 1.64. The van der Waals surface area contributed by atoms with Crippen LogP contribution in [0.1, 0.15) is 61.9 Å². The Hall–Kier alpha value is -3.01. The first-order valence-corrected chi connectivity index (χ1v) is 13.3. The van der Waals surface area contributed by atoms with Crippen molar-refractivity contribution in [2.75, 3.05) is 32.8 Å². The summed E-state index contributed by atoms with van der Waals surface area (Å²) in [6.45, 7) is 5.13. The summed E-state index contributed by atoms with van der Waals surface area (Å²) in [6, 6.07) is 3.29. The Morgan fingerprint density at radius 3 is 2.68 bits per heavy atom. The van der Waals surface area contributed by atoms with E-state index >= 15 is 0 Å². The van der Waals surface area contributed by atoms with Crippen LogP contribution in [0.5, 0.6) is 0 Å². The molecule has 3 atom stereocenters. The Bertz CT molecular complexity index is 1030. The number of halogens is 1. The molecule has 9 nitrogen and oxygen atoms in total. The molecule has 3 heterocycles. The minimum absolute atomic E-state index is 0.0423. The summed E-state index contributed by atoms with van der Waals surface area (Å²) < 4.78 is 20.3. The summed E-state index contributed by atoms with van der Waals surface area (Å²) in [5, 5.41) is 5.88. The van der Waals surface area contributed by atoms with Gasteiger partial charge >= 0.3 is 0 Å². The van der Waals surface area contributed by atoms with Crippen LogP contribution in [-0.2, 0) is 25.5 Å². The first-order valence-electron chi connectivity index (χ1n) is 13.3. The molecule has 4 amide bonds. The van der Waals surface area contributed by atoms with Gasteiger partial charge in [0, 0.05) is 32.3 Å². The quantitative estimate of drug-likeness (QED) is 0.622. The summed E-state index contributed by atoms with van der Waals surface area (Å²) in [4.78, 5) is 55.7. The van der Waals surface area contributed by atoms with Gasteiger partial charge in [-0.25, -0.2) is 4.39 Å². The van der Waals surface area contributed by atoms with Crippen LogP contribution in [0.25, 0.3) is 0 Å². The van der Waals surface area contributed by atoms with Crippen molar-refractivity contribution in [2.24, 2.45) is 5.92 Å². The highest BCUT2D eigenvalue weighted by atomic mass is 19.1. The number of carbonyl (C=O) groups is 4. The second-order valence-corrected chi connectivity index (χ2v) is 10.5. The molecular formula is C27H37FN4O5. The molecular weight excluding hydrogens is 479 g/mol. The summed E-state index contributed by atoms with van der Waals surface area (Å²) >= 11 is 0. The maximum atomic E-state index is 14.7. The largest absolute Gasteiger partial charge is 0.368 e. The molecule has 2 fully saturated rings. The van der Waals surface area contributed by atoms with Gasteiger partial charge < -0.3 is 25.2 Å². The smallest absolute Gasteiger partial charge is 0.257 e. The zero-order valence-corrected chi connectivity index (χ0v) is 21.6. The monoisotopic (exact) mass is 516 g/mol. The van der Waals surface area contributed by atoms with Gasteiger partial charge in [0.05, 0.1) is 12.1 Å². The molecule has 1 aromatic rings. The number of aryl methyl sites for hydroxylation is 1. The molecule has 0 aliphatic carbocycles. The number of nitrogens with one attached hydrogen (secondary N) is 2. The molecule has 2 bridgehead atoms. The molecule has 0 radical (unpaired) electrons. The lowest BCUT2D eigenvalue weighted by molar-refractivity contribution is -0.144. The van der Waals surface area contributed by atoms with Crippen molar-refractivity contribution in [3.05, 3.63) is 35.1 Å². The van der Waals surface area contributed by atoms with Crippen LogP contribution in [-0.4, -0.2) is 84.4 Å². The average molecular weight is 517 g/mol. The summed E-state index contributed by atoms with van der Waals surface area (Å²) in [5.74, 6) is -2.04.